The van der Waals surface area contributed by atoms with E-state index in [1.807, 2.05) is 48.5 Å². The molecule has 2 aromatic carbocycles. The molecule has 110 valence electrons. The Labute approximate surface area is 142 Å². The zero-order chi connectivity index (χ0) is 15.2. The van der Waals surface area contributed by atoms with Gasteiger partial charge in [-0.2, -0.15) is 0 Å². The standard InChI is InChI=1S/C15H15ClIN3O/c16-11-6-7-13(12(17)8-11)19-14(9-15(18)20-21)10-4-2-1-3-5-10/h1-8,14,19,21H,9H2,(H2,18,20). The minimum absolute atomic E-state index is 0.0863. The summed E-state index contributed by atoms with van der Waals surface area (Å²) >= 11 is 8.20. The van der Waals surface area contributed by atoms with Crippen molar-refractivity contribution in [2.24, 2.45) is 10.9 Å². The molecule has 4 nitrogen and oxygen atoms in total. The van der Waals surface area contributed by atoms with E-state index in [0.717, 1.165) is 14.8 Å². The van der Waals surface area contributed by atoms with Crippen LogP contribution in [0.5, 0.6) is 0 Å². The van der Waals surface area contributed by atoms with Crippen LogP contribution in [0.4, 0.5) is 5.69 Å². The Hall–Kier alpha value is -1.47. The number of hydrogen-bond acceptors (Lipinski definition) is 3. The van der Waals surface area contributed by atoms with Crippen LogP contribution in [0.1, 0.15) is 18.0 Å². The number of halogens is 2. The average Bonchev–Trinajstić information content (AvgIpc) is 2.49. The monoisotopic (exact) mass is 415 g/mol. The SMILES string of the molecule is N/C(CC(Nc1ccc(Cl)cc1I)c1ccccc1)=N/O. The van der Waals surface area contributed by atoms with E-state index in [1.54, 1.807) is 0 Å². The molecule has 0 spiro atoms. The first-order valence-electron chi connectivity index (χ1n) is 6.33. The Kier molecular flexibility index (Phi) is 5.69. The molecule has 6 heteroatoms. The average molecular weight is 416 g/mol. The van der Waals surface area contributed by atoms with Gasteiger partial charge in [-0.25, -0.2) is 0 Å². The fourth-order valence-corrected chi connectivity index (χ4v) is 3.01. The Morgan fingerprint density at radius 2 is 2.00 bits per heavy atom. The van der Waals surface area contributed by atoms with Crippen molar-refractivity contribution in [1.82, 2.24) is 0 Å². The summed E-state index contributed by atoms with van der Waals surface area (Å²) < 4.78 is 1.01. The summed E-state index contributed by atoms with van der Waals surface area (Å²) in [5.41, 5.74) is 7.69. The smallest absolute Gasteiger partial charge is 0.141 e. The molecule has 0 radical (unpaired) electrons. The molecule has 0 saturated heterocycles. The Morgan fingerprint density at radius 1 is 1.29 bits per heavy atom. The number of rotatable bonds is 5. The molecule has 21 heavy (non-hydrogen) atoms. The minimum Gasteiger partial charge on any atom is -0.409 e. The molecule has 0 heterocycles. The van der Waals surface area contributed by atoms with Gasteiger partial charge in [0.2, 0.25) is 0 Å². The predicted octanol–water partition coefficient (Wildman–Crippen LogP) is 4.23. The van der Waals surface area contributed by atoms with Crippen LogP contribution in [0.25, 0.3) is 0 Å². The maximum absolute atomic E-state index is 8.80. The van der Waals surface area contributed by atoms with Crippen LogP contribution in [-0.2, 0) is 0 Å². The molecule has 2 rings (SSSR count). The van der Waals surface area contributed by atoms with Crippen LogP contribution in [0.3, 0.4) is 0 Å². The Morgan fingerprint density at radius 3 is 2.62 bits per heavy atom. The molecule has 0 aliphatic heterocycles. The van der Waals surface area contributed by atoms with Gasteiger partial charge in [0, 0.05) is 20.7 Å². The molecular weight excluding hydrogens is 401 g/mol. The number of hydrogen-bond donors (Lipinski definition) is 3. The Bertz CT molecular complexity index is 634. The lowest BCUT2D eigenvalue weighted by Gasteiger charge is -2.21. The summed E-state index contributed by atoms with van der Waals surface area (Å²) in [5, 5.41) is 16.0. The third kappa shape index (κ3) is 4.50. The lowest BCUT2D eigenvalue weighted by Crippen LogP contribution is -2.21. The van der Waals surface area contributed by atoms with Crippen LogP contribution in [-0.4, -0.2) is 11.0 Å². The van der Waals surface area contributed by atoms with E-state index in [-0.39, 0.29) is 11.9 Å². The summed E-state index contributed by atoms with van der Waals surface area (Å²) in [6.07, 6.45) is 0.402. The topological polar surface area (TPSA) is 70.6 Å². The van der Waals surface area contributed by atoms with Gasteiger partial charge < -0.3 is 16.3 Å². The van der Waals surface area contributed by atoms with Gasteiger partial charge in [-0.1, -0.05) is 47.1 Å². The third-order valence-corrected chi connectivity index (χ3v) is 4.13. The molecule has 0 aliphatic rings. The van der Waals surface area contributed by atoms with E-state index in [1.165, 1.54) is 0 Å². The van der Waals surface area contributed by atoms with Crippen LogP contribution < -0.4 is 11.1 Å². The van der Waals surface area contributed by atoms with E-state index < -0.39 is 0 Å². The minimum atomic E-state index is -0.0863. The summed E-state index contributed by atoms with van der Waals surface area (Å²) in [6.45, 7) is 0. The summed E-state index contributed by atoms with van der Waals surface area (Å²) in [7, 11) is 0. The number of nitrogens with zero attached hydrogens (tertiary/aromatic N) is 1. The summed E-state index contributed by atoms with van der Waals surface area (Å²) in [5.74, 6) is 0.181. The lowest BCUT2D eigenvalue weighted by atomic mass is 10.0. The van der Waals surface area contributed by atoms with Crippen molar-refractivity contribution in [3.8, 4) is 0 Å². The first-order valence-corrected chi connectivity index (χ1v) is 7.78. The molecule has 1 atom stereocenters. The van der Waals surface area contributed by atoms with Crippen molar-refractivity contribution in [2.75, 3.05) is 5.32 Å². The van der Waals surface area contributed by atoms with Crippen molar-refractivity contribution in [3.05, 3.63) is 62.7 Å². The molecule has 2 aromatic rings. The second-order valence-electron chi connectivity index (χ2n) is 4.53. The normalized spacial score (nSPS) is 13.0. The third-order valence-electron chi connectivity index (χ3n) is 3.00. The van der Waals surface area contributed by atoms with Gasteiger partial charge in [0.05, 0.1) is 6.04 Å². The van der Waals surface area contributed by atoms with Crippen LogP contribution in [0.15, 0.2) is 53.7 Å². The first-order chi connectivity index (χ1) is 10.1. The van der Waals surface area contributed by atoms with Crippen LogP contribution in [0, 0.1) is 3.57 Å². The van der Waals surface area contributed by atoms with Gasteiger partial charge in [-0.05, 0) is 46.4 Å². The lowest BCUT2D eigenvalue weighted by molar-refractivity contribution is 0.316. The fourth-order valence-electron chi connectivity index (χ4n) is 1.98. The van der Waals surface area contributed by atoms with Crippen molar-refractivity contribution >= 4 is 45.7 Å². The quantitative estimate of drug-likeness (QED) is 0.225. The zero-order valence-electron chi connectivity index (χ0n) is 11.1. The predicted molar refractivity (Wildman–Crippen MR) is 95.0 cm³/mol. The number of nitrogens with two attached hydrogens (primary N) is 1. The molecule has 0 saturated carbocycles. The first kappa shape index (κ1) is 15.9. The molecule has 0 bridgehead atoms. The second-order valence-corrected chi connectivity index (χ2v) is 6.13. The molecule has 0 amide bonds. The van der Waals surface area contributed by atoms with Crippen molar-refractivity contribution < 1.29 is 5.21 Å². The van der Waals surface area contributed by atoms with Crippen molar-refractivity contribution in [2.45, 2.75) is 12.5 Å². The maximum atomic E-state index is 8.80. The number of benzene rings is 2. The van der Waals surface area contributed by atoms with Gasteiger partial charge in [-0.15, -0.1) is 0 Å². The Balaban J connectivity index is 2.27. The second kappa shape index (κ2) is 7.51. The van der Waals surface area contributed by atoms with Gasteiger partial charge >= 0.3 is 0 Å². The highest BCUT2D eigenvalue weighted by Crippen LogP contribution is 2.28. The van der Waals surface area contributed by atoms with E-state index in [4.69, 9.17) is 22.5 Å². The van der Waals surface area contributed by atoms with E-state index in [2.05, 4.69) is 33.1 Å². The van der Waals surface area contributed by atoms with Crippen LogP contribution in [0.2, 0.25) is 5.02 Å². The van der Waals surface area contributed by atoms with Crippen molar-refractivity contribution in [3.63, 3.8) is 0 Å². The van der Waals surface area contributed by atoms with Gasteiger partial charge in [-0.3, -0.25) is 0 Å². The van der Waals surface area contributed by atoms with Gasteiger partial charge in [0.25, 0.3) is 0 Å². The summed E-state index contributed by atoms with van der Waals surface area (Å²) in [4.78, 5) is 0. The van der Waals surface area contributed by atoms with Crippen molar-refractivity contribution in [1.29, 1.82) is 0 Å². The maximum Gasteiger partial charge on any atom is 0.141 e. The molecular formula is C15H15ClIN3O. The molecule has 0 aromatic heterocycles. The fraction of sp³-hybridized carbons (Fsp3) is 0.133. The molecule has 4 N–H and O–H groups in total. The highest BCUT2D eigenvalue weighted by Gasteiger charge is 2.15. The highest BCUT2D eigenvalue weighted by molar-refractivity contribution is 14.1. The number of anilines is 1. The van der Waals surface area contributed by atoms with Gasteiger partial charge in [0.15, 0.2) is 0 Å². The molecule has 0 fully saturated rings. The van der Waals surface area contributed by atoms with Crippen LogP contribution >= 0.6 is 34.2 Å². The molecule has 1 unspecified atom stereocenters. The number of amidine groups is 1. The van der Waals surface area contributed by atoms with E-state index in [0.29, 0.717) is 11.4 Å². The van der Waals surface area contributed by atoms with Gasteiger partial charge in [0.1, 0.15) is 5.84 Å². The van der Waals surface area contributed by atoms with E-state index >= 15 is 0 Å². The number of nitrogens with one attached hydrogen (secondary N) is 1. The number of oxime groups is 1. The summed E-state index contributed by atoms with van der Waals surface area (Å²) in [6, 6.07) is 15.4. The highest BCUT2D eigenvalue weighted by atomic mass is 127. The molecule has 0 aliphatic carbocycles. The van der Waals surface area contributed by atoms with E-state index in [9.17, 15) is 0 Å². The zero-order valence-corrected chi connectivity index (χ0v) is 14.0. The largest absolute Gasteiger partial charge is 0.409 e.